The van der Waals surface area contributed by atoms with E-state index < -0.39 is 0 Å². The summed E-state index contributed by atoms with van der Waals surface area (Å²) in [6, 6.07) is 0. The molecule has 1 aromatic rings. The van der Waals surface area contributed by atoms with Crippen LogP contribution in [0.5, 0.6) is 0 Å². The zero-order valence-electron chi connectivity index (χ0n) is 11.2. The molecule has 0 radical (unpaired) electrons. The molecule has 4 aliphatic carbocycles. The lowest BCUT2D eigenvalue weighted by Gasteiger charge is -2.54. The molecule has 0 spiro atoms. The van der Waals surface area contributed by atoms with Crippen LogP contribution in [0, 0.1) is 30.6 Å². The molecule has 18 heavy (non-hydrogen) atoms. The van der Waals surface area contributed by atoms with Crippen LogP contribution in [-0.4, -0.2) is 0 Å². The van der Waals surface area contributed by atoms with Crippen molar-refractivity contribution in [3.05, 3.63) is 23.2 Å². The Morgan fingerprint density at radius 1 is 1.11 bits per heavy atom. The topological polar surface area (TPSA) is 39.2 Å². The van der Waals surface area contributed by atoms with E-state index in [1.807, 2.05) is 6.26 Å². The molecule has 0 amide bonds. The Kier molecular flexibility index (Phi) is 2.38. The van der Waals surface area contributed by atoms with Gasteiger partial charge in [0.05, 0.1) is 6.26 Å². The molecule has 5 rings (SSSR count). The summed E-state index contributed by atoms with van der Waals surface area (Å²) in [7, 11) is 0. The van der Waals surface area contributed by atoms with Gasteiger partial charge in [-0.3, -0.25) is 0 Å². The van der Waals surface area contributed by atoms with Crippen molar-refractivity contribution >= 4 is 0 Å². The highest BCUT2D eigenvalue weighted by molar-refractivity contribution is 5.34. The number of aryl methyl sites for hydroxylation is 1. The Hall–Kier alpha value is -0.760. The molecule has 1 aromatic heterocycles. The van der Waals surface area contributed by atoms with Crippen LogP contribution in [0.2, 0.25) is 0 Å². The van der Waals surface area contributed by atoms with Crippen LogP contribution >= 0.6 is 0 Å². The molecule has 4 bridgehead atoms. The molecule has 0 aliphatic heterocycles. The normalized spacial score (nSPS) is 41.6. The zero-order valence-corrected chi connectivity index (χ0v) is 11.2. The van der Waals surface area contributed by atoms with Crippen LogP contribution in [0.3, 0.4) is 0 Å². The second kappa shape index (κ2) is 3.86. The number of hydrogen-bond acceptors (Lipinski definition) is 2. The highest BCUT2D eigenvalue weighted by atomic mass is 16.3. The maximum Gasteiger partial charge on any atom is 0.104 e. The van der Waals surface area contributed by atoms with Crippen LogP contribution in [0.4, 0.5) is 0 Å². The van der Waals surface area contributed by atoms with Crippen molar-refractivity contribution in [3.8, 4) is 0 Å². The van der Waals surface area contributed by atoms with Gasteiger partial charge in [0.1, 0.15) is 5.76 Å². The SMILES string of the molecule is Cc1occ(CN)c1C1C2CC3CC(C2)CC1C3. The van der Waals surface area contributed by atoms with E-state index in [-0.39, 0.29) is 0 Å². The van der Waals surface area contributed by atoms with Crippen molar-refractivity contribution < 1.29 is 4.42 Å². The first kappa shape index (κ1) is 11.1. The summed E-state index contributed by atoms with van der Waals surface area (Å²) in [6.07, 6.45) is 9.28. The molecule has 4 saturated carbocycles. The molecule has 0 aromatic carbocycles. The Morgan fingerprint density at radius 3 is 2.28 bits per heavy atom. The van der Waals surface area contributed by atoms with Gasteiger partial charge in [0.15, 0.2) is 0 Å². The molecule has 0 saturated heterocycles. The van der Waals surface area contributed by atoms with Crippen LogP contribution in [0.15, 0.2) is 10.7 Å². The third-order valence-electron chi connectivity index (χ3n) is 5.88. The molecule has 98 valence electrons. The van der Waals surface area contributed by atoms with E-state index in [0.717, 1.165) is 35.3 Å². The first-order valence-electron chi connectivity index (χ1n) is 7.53. The first-order valence-corrected chi connectivity index (χ1v) is 7.53. The molecule has 2 N–H and O–H groups in total. The van der Waals surface area contributed by atoms with E-state index in [2.05, 4.69) is 6.92 Å². The quantitative estimate of drug-likeness (QED) is 0.865. The number of nitrogens with two attached hydrogens (primary N) is 1. The lowest BCUT2D eigenvalue weighted by molar-refractivity contribution is -0.00346. The van der Waals surface area contributed by atoms with E-state index >= 15 is 0 Å². The van der Waals surface area contributed by atoms with Gasteiger partial charge in [-0.05, 0) is 68.6 Å². The van der Waals surface area contributed by atoms with Crippen molar-refractivity contribution in [2.75, 3.05) is 0 Å². The molecule has 2 heteroatoms. The zero-order chi connectivity index (χ0) is 12.3. The van der Waals surface area contributed by atoms with E-state index in [9.17, 15) is 0 Å². The minimum absolute atomic E-state index is 0.634. The maximum atomic E-state index is 5.90. The fourth-order valence-electron chi connectivity index (χ4n) is 5.52. The van der Waals surface area contributed by atoms with E-state index in [0.29, 0.717) is 6.54 Å². The van der Waals surface area contributed by atoms with Gasteiger partial charge in [0.25, 0.3) is 0 Å². The molecular formula is C16H23NO. The third-order valence-corrected chi connectivity index (χ3v) is 5.88. The monoisotopic (exact) mass is 245 g/mol. The molecular weight excluding hydrogens is 222 g/mol. The van der Waals surface area contributed by atoms with Crippen molar-refractivity contribution in [1.82, 2.24) is 0 Å². The predicted octanol–water partition coefficient (Wildman–Crippen LogP) is 3.59. The summed E-state index contributed by atoms with van der Waals surface area (Å²) >= 11 is 0. The standard InChI is InChI=1S/C16H23NO/c1-9-15(14(7-17)8-18-9)16-12-3-10-2-11(5-12)6-13(16)4-10/h8,10-13,16H,2-7,17H2,1H3. The fourth-order valence-corrected chi connectivity index (χ4v) is 5.52. The van der Waals surface area contributed by atoms with Crippen LogP contribution < -0.4 is 5.73 Å². The summed E-state index contributed by atoms with van der Waals surface area (Å²) in [6.45, 7) is 2.76. The average Bonchev–Trinajstić information content (AvgIpc) is 2.70. The average molecular weight is 245 g/mol. The van der Waals surface area contributed by atoms with Crippen molar-refractivity contribution in [1.29, 1.82) is 0 Å². The third kappa shape index (κ3) is 1.45. The van der Waals surface area contributed by atoms with Gasteiger partial charge >= 0.3 is 0 Å². The van der Waals surface area contributed by atoms with Gasteiger partial charge in [0.2, 0.25) is 0 Å². The van der Waals surface area contributed by atoms with Gasteiger partial charge in [-0.2, -0.15) is 0 Å². The predicted molar refractivity (Wildman–Crippen MR) is 71.1 cm³/mol. The Balaban J connectivity index is 1.74. The molecule has 2 nitrogen and oxygen atoms in total. The smallest absolute Gasteiger partial charge is 0.104 e. The van der Waals surface area contributed by atoms with E-state index in [1.54, 1.807) is 0 Å². The Bertz CT molecular complexity index is 434. The molecule has 1 heterocycles. The lowest BCUT2D eigenvalue weighted by Crippen LogP contribution is -2.44. The summed E-state index contributed by atoms with van der Waals surface area (Å²) in [5.41, 5.74) is 8.66. The number of furan rings is 1. The number of rotatable bonds is 2. The highest BCUT2D eigenvalue weighted by Gasteiger charge is 2.49. The molecule has 4 fully saturated rings. The van der Waals surface area contributed by atoms with E-state index in [1.165, 1.54) is 43.2 Å². The lowest BCUT2D eigenvalue weighted by atomic mass is 9.50. The largest absolute Gasteiger partial charge is 0.469 e. The van der Waals surface area contributed by atoms with Gasteiger partial charge in [-0.15, -0.1) is 0 Å². The summed E-state index contributed by atoms with van der Waals surface area (Å²) in [4.78, 5) is 0. The van der Waals surface area contributed by atoms with Crippen molar-refractivity contribution in [2.24, 2.45) is 29.4 Å². The minimum atomic E-state index is 0.634. The van der Waals surface area contributed by atoms with Crippen LogP contribution in [-0.2, 0) is 6.54 Å². The van der Waals surface area contributed by atoms with Gasteiger partial charge in [-0.1, -0.05) is 0 Å². The summed E-state index contributed by atoms with van der Waals surface area (Å²) < 4.78 is 5.66. The maximum absolute atomic E-state index is 5.90. The minimum Gasteiger partial charge on any atom is -0.469 e. The van der Waals surface area contributed by atoms with Gasteiger partial charge in [0, 0.05) is 17.7 Å². The van der Waals surface area contributed by atoms with Crippen molar-refractivity contribution in [2.45, 2.75) is 51.5 Å². The van der Waals surface area contributed by atoms with Gasteiger partial charge < -0.3 is 10.2 Å². The first-order chi connectivity index (χ1) is 8.76. The second-order valence-corrected chi connectivity index (χ2v) is 6.89. The Morgan fingerprint density at radius 2 is 1.72 bits per heavy atom. The summed E-state index contributed by atoms with van der Waals surface area (Å²) in [5, 5.41) is 0. The highest BCUT2D eigenvalue weighted by Crippen LogP contribution is 2.60. The van der Waals surface area contributed by atoms with Gasteiger partial charge in [-0.25, -0.2) is 0 Å². The van der Waals surface area contributed by atoms with Crippen LogP contribution in [0.1, 0.15) is 54.9 Å². The van der Waals surface area contributed by atoms with Crippen molar-refractivity contribution in [3.63, 3.8) is 0 Å². The molecule has 0 unspecified atom stereocenters. The molecule has 0 atom stereocenters. The number of hydrogen-bond donors (Lipinski definition) is 1. The van der Waals surface area contributed by atoms with E-state index in [4.69, 9.17) is 10.2 Å². The second-order valence-electron chi connectivity index (χ2n) is 6.89. The Labute approximate surface area is 109 Å². The summed E-state index contributed by atoms with van der Waals surface area (Å²) in [5.74, 6) is 5.81. The van der Waals surface area contributed by atoms with Crippen LogP contribution in [0.25, 0.3) is 0 Å². The molecule has 4 aliphatic rings. The fraction of sp³-hybridized carbons (Fsp3) is 0.750.